The van der Waals surface area contributed by atoms with Crippen LogP contribution in [0.15, 0.2) is 11.8 Å². The van der Waals surface area contributed by atoms with Crippen LogP contribution in [0.5, 0.6) is 0 Å². The molecule has 1 atom stereocenters. The third-order valence-corrected chi connectivity index (χ3v) is 1.88. The van der Waals surface area contributed by atoms with E-state index in [9.17, 15) is 9.59 Å². The molecule has 0 aromatic carbocycles. The minimum atomic E-state index is -1.05. The molecule has 0 aromatic rings. The summed E-state index contributed by atoms with van der Waals surface area (Å²) in [6.07, 6.45) is 1.12. The van der Waals surface area contributed by atoms with E-state index in [0.29, 0.717) is 6.54 Å². The monoisotopic (exact) mass is 239 g/mol. The highest BCUT2D eigenvalue weighted by molar-refractivity contribution is 5.97. The van der Waals surface area contributed by atoms with Gasteiger partial charge in [0.15, 0.2) is 0 Å². The Morgan fingerprint density at radius 1 is 1.41 bits per heavy atom. The molecule has 94 valence electrons. The minimum absolute atomic E-state index is 0.140. The maximum atomic E-state index is 11.5. The highest BCUT2D eigenvalue weighted by Gasteiger charge is 2.12. The standard InChI is InChI=1S/C11H17N3O3/c1-7(2)5-14-10(15)9(4-12)6-13-8(3)11(16)17/h6-8,13H,5H2,1-3H3,(H,14,15)(H,16,17)/b9-6-. The molecule has 0 saturated heterocycles. The van der Waals surface area contributed by atoms with Gasteiger partial charge in [-0.1, -0.05) is 13.8 Å². The number of aliphatic carboxylic acids is 1. The Kier molecular flexibility index (Phi) is 6.41. The normalized spacial score (nSPS) is 12.8. The number of nitrogens with zero attached hydrogens (tertiary/aromatic N) is 1. The number of rotatable bonds is 6. The number of nitrogens with one attached hydrogen (secondary N) is 2. The molecule has 0 fully saturated rings. The molecular weight excluding hydrogens is 222 g/mol. The van der Waals surface area contributed by atoms with Gasteiger partial charge in [-0.15, -0.1) is 0 Å². The summed E-state index contributed by atoms with van der Waals surface area (Å²) in [5, 5.41) is 22.4. The van der Waals surface area contributed by atoms with Crippen molar-refractivity contribution in [1.82, 2.24) is 10.6 Å². The Bertz CT molecular complexity index is 355. The molecule has 0 saturated carbocycles. The summed E-state index contributed by atoms with van der Waals surface area (Å²) < 4.78 is 0. The Morgan fingerprint density at radius 3 is 2.41 bits per heavy atom. The van der Waals surface area contributed by atoms with E-state index in [1.165, 1.54) is 6.92 Å². The number of carbonyl (C=O) groups is 2. The second kappa shape index (κ2) is 7.28. The second-order valence-electron chi connectivity index (χ2n) is 4.00. The fourth-order valence-electron chi connectivity index (χ4n) is 0.820. The van der Waals surface area contributed by atoms with Crippen molar-refractivity contribution >= 4 is 11.9 Å². The third-order valence-electron chi connectivity index (χ3n) is 1.88. The number of carboxylic acids is 1. The molecule has 3 N–H and O–H groups in total. The summed E-state index contributed by atoms with van der Waals surface area (Å²) >= 11 is 0. The highest BCUT2D eigenvalue weighted by atomic mass is 16.4. The summed E-state index contributed by atoms with van der Waals surface area (Å²) in [5.74, 6) is -1.28. The lowest BCUT2D eigenvalue weighted by molar-refractivity contribution is -0.138. The van der Waals surface area contributed by atoms with Crippen molar-refractivity contribution in [2.24, 2.45) is 5.92 Å². The lowest BCUT2D eigenvalue weighted by Gasteiger charge is -2.08. The average molecular weight is 239 g/mol. The lowest BCUT2D eigenvalue weighted by atomic mass is 10.2. The first kappa shape index (κ1) is 15.0. The SMILES string of the molecule is CC(C)CNC(=O)/C(C#N)=C\NC(C)C(=O)O. The zero-order chi connectivity index (χ0) is 13.4. The summed E-state index contributed by atoms with van der Waals surface area (Å²) in [6.45, 7) is 5.74. The summed E-state index contributed by atoms with van der Waals surface area (Å²) in [4.78, 5) is 22.0. The first-order valence-corrected chi connectivity index (χ1v) is 5.25. The van der Waals surface area contributed by atoms with Gasteiger partial charge in [0.25, 0.3) is 5.91 Å². The Morgan fingerprint density at radius 2 is 2.00 bits per heavy atom. The Hall–Kier alpha value is -2.03. The number of carboxylic acid groups (broad SMARTS) is 1. The molecule has 0 heterocycles. The average Bonchev–Trinajstić information content (AvgIpc) is 2.26. The fourth-order valence-corrected chi connectivity index (χ4v) is 0.820. The van der Waals surface area contributed by atoms with Crippen LogP contribution in [0, 0.1) is 17.2 Å². The molecule has 1 unspecified atom stereocenters. The molecule has 6 heteroatoms. The van der Waals surface area contributed by atoms with Gasteiger partial charge in [-0.05, 0) is 12.8 Å². The van der Waals surface area contributed by atoms with Crippen molar-refractivity contribution in [2.45, 2.75) is 26.8 Å². The van der Waals surface area contributed by atoms with E-state index in [1.807, 2.05) is 13.8 Å². The zero-order valence-corrected chi connectivity index (χ0v) is 10.2. The number of hydrogen-bond acceptors (Lipinski definition) is 4. The van der Waals surface area contributed by atoms with Gasteiger partial charge in [0.2, 0.25) is 0 Å². The predicted molar refractivity (Wildman–Crippen MR) is 61.8 cm³/mol. The van der Waals surface area contributed by atoms with E-state index in [2.05, 4.69) is 10.6 Å². The van der Waals surface area contributed by atoms with E-state index >= 15 is 0 Å². The van der Waals surface area contributed by atoms with Crippen LogP contribution >= 0.6 is 0 Å². The van der Waals surface area contributed by atoms with E-state index in [-0.39, 0.29) is 11.5 Å². The van der Waals surface area contributed by atoms with Gasteiger partial charge in [0, 0.05) is 12.7 Å². The molecule has 0 aliphatic carbocycles. The van der Waals surface area contributed by atoms with Crippen LogP contribution in [-0.4, -0.2) is 29.6 Å². The van der Waals surface area contributed by atoms with Crippen molar-refractivity contribution in [3.8, 4) is 6.07 Å². The van der Waals surface area contributed by atoms with E-state index in [0.717, 1.165) is 6.20 Å². The van der Waals surface area contributed by atoms with E-state index < -0.39 is 17.9 Å². The third kappa shape index (κ3) is 6.20. The molecule has 1 amide bonds. The van der Waals surface area contributed by atoms with Gasteiger partial charge in [-0.3, -0.25) is 9.59 Å². The first-order chi connectivity index (χ1) is 7.88. The molecule has 0 bridgehead atoms. The lowest BCUT2D eigenvalue weighted by Crippen LogP contribution is -2.32. The largest absolute Gasteiger partial charge is 0.480 e. The summed E-state index contributed by atoms with van der Waals surface area (Å²) in [6, 6.07) is 0.863. The van der Waals surface area contributed by atoms with Crippen LogP contribution in [0.1, 0.15) is 20.8 Å². The van der Waals surface area contributed by atoms with Gasteiger partial charge in [-0.25, -0.2) is 0 Å². The highest BCUT2D eigenvalue weighted by Crippen LogP contribution is 1.94. The van der Waals surface area contributed by atoms with Crippen LogP contribution in [-0.2, 0) is 9.59 Å². The molecule has 17 heavy (non-hydrogen) atoms. The van der Waals surface area contributed by atoms with Crippen LogP contribution in [0.2, 0.25) is 0 Å². The maximum Gasteiger partial charge on any atom is 0.325 e. The van der Waals surface area contributed by atoms with Gasteiger partial charge in [0.05, 0.1) is 0 Å². The quantitative estimate of drug-likeness (QED) is 0.455. The Balaban J connectivity index is 4.41. The summed E-state index contributed by atoms with van der Waals surface area (Å²) in [7, 11) is 0. The van der Waals surface area contributed by atoms with Crippen molar-refractivity contribution in [3.05, 3.63) is 11.8 Å². The van der Waals surface area contributed by atoms with Crippen molar-refractivity contribution < 1.29 is 14.7 Å². The van der Waals surface area contributed by atoms with Crippen molar-refractivity contribution in [3.63, 3.8) is 0 Å². The number of hydrogen-bond donors (Lipinski definition) is 3. The molecule has 0 aromatic heterocycles. The van der Waals surface area contributed by atoms with E-state index in [4.69, 9.17) is 10.4 Å². The fraction of sp³-hybridized carbons (Fsp3) is 0.545. The molecule has 0 radical (unpaired) electrons. The first-order valence-electron chi connectivity index (χ1n) is 5.25. The van der Waals surface area contributed by atoms with Crippen LogP contribution in [0.3, 0.4) is 0 Å². The van der Waals surface area contributed by atoms with Gasteiger partial charge in [0.1, 0.15) is 17.7 Å². The molecule has 0 rings (SSSR count). The van der Waals surface area contributed by atoms with Crippen molar-refractivity contribution in [1.29, 1.82) is 5.26 Å². The van der Waals surface area contributed by atoms with Crippen LogP contribution in [0.25, 0.3) is 0 Å². The minimum Gasteiger partial charge on any atom is -0.480 e. The number of amides is 1. The molecule has 6 nitrogen and oxygen atoms in total. The van der Waals surface area contributed by atoms with Gasteiger partial charge >= 0.3 is 5.97 Å². The molecule has 0 spiro atoms. The van der Waals surface area contributed by atoms with E-state index in [1.54, 1.807) is 6.07 Å². The second-order valence-corrected chi connectivity index (χ2v) is 4.00. The Labute approximate surface area is 100 Å². The van der Waals surface area contributed by atoms with Crippen LogP contribution < -0.4 is 10.6 Å². The summed E-state index contributed by atoms with van der Waals surface area (Å²) in [5.41, 5.74) is -0.140. The smallest absolute Gasteiger partial charge is 0.325 e. The topological polar surface area (TPSA) is 102 Å². The van der Waals surface area contributed by atoms with Crippen molar-refractivity contribution in [2.75, 3.05) is 6.54 Å². The molecule has 0 aliphatic rings. The maximum absolute atomic E-state index is 11.5. The zero-order valence-electron chi connectivity index (χ0n) is 10.2. The van der Waals surface area contributed by atoms with Crippen LogP contribution in [0.4, 0.5) is 0 Å². The molecular formula is C11H17N3O3. The molecule has 0 aliphatic heterocycles. The predicted octanol–water partition coefficient (Wildman–Crippen LogP) is 0.229. The number of nitriles is 1. The van der Waals surface area contributed by atoms with Gasteiger partial charge in [-0.2, -0.15) is 5.26 Å². The van der Waals surface area contributed by atoms with Gasteiger partial charge < -0.3 is 15.7 Å². The number of carbonyl (C=O) groups excluding carboxylic acids is 1.